The van der Waals surface area contributed by atoms with E-state index in [0.717, 1.165) is 12.2 Å². The predicted octanol–water partition coefficient (Wildman–Crippen LogP) is -0.326. The maximum Gasteiger partial charge on any atom is 0.293 e. The van der Waals surface area contributed by atoms with Crippen LogP contribution in [0, 0.1) is 5.92 Å². The molecule has 2 amide bonds. The average Bonchev–Trinajstić information content (AvgIpc) is 2.96. The molecule has 0 saturated carbocycles. The number of hydrogen-bond acceptors (Lipinski definition) is 6. The Morgan fingerprint density at radius 1 is 1.42 bits per heavy atom. The number of ketones is 1. The van der Waals surface area contributed by atoms with E-state index in [-0.39, 0.29) is 17.8 Å². The van der Waals surface area contributed by atoms with Gasteiger partial charge in [0.15, 0.2) is 10.7 Å². The molecule has 0 aromatic rings. The molecule has 2 atom stereocenters. The van der Waals surface area contributed by atoms with Crippen molar-refractivity contribution in [1.82, 2.24) is 10.6 Å². The molecule has 146 valence electrons. The Morgan fingerprint density at radius 3 is 2.19 bits per heavy atom. The number of carbonyl (C=O) groups is 3. The van der Waals surface area contributed by atoms with E-state index in [9.17, 15) is 27.4 Å². The van der Waals surface area contributed by atoms with Crippen molar-refractivity contribution in [2.45, 2.75) is 31.2 Å². The van der Waals surface area contributed by atoms with Gasteiger partial charge in [-0.3, -0.25) is 18.9 Å². The molecular weight excluding hydrogens is 362 g/mol. The smallest absolute Gasteiger partial charge is 0.293 e. The highest BCUT2D eigenvalue weighted by molar-refractivity contribution is 7.87. The minimum absolute atomic E-state index is 0.0898. The maximum absolute atomic E-state index is 12.2. The van der Waals surface area contributed by atoms with Gasteiger partial charge in [-0.1, -0.05) is 33.6 Å². The van der Waals surface area contributed by atoms with Gasteiger partial charge in [-0.05, 0) is 18.1 Å². The molecule has 0 aromatic heterocycles. The van der Waals surface area contributed by atoms with Crippen LogP contribution >= 0.6 is 0 Å². The zero-order valence-electron chi connectivity index (χ0n) is 14.8. The van der Waals surface area contributed by atoms with Gasteiger partial charge >= 0.3 is 0 Å². The van der Waals surface area contributed by atoms with Gasteiger partial charge in [0.2, 0.25) is 11.8 Å². The quantitative estimate of drug-likeness (QED) is 0.265. The molecule has 2 unspecified atom stereocenters. The van der Waals surface area contributed by atoms with E-state index in [1.54, 1.807) is 0 Å². The lowest BCUT2D eigenvalue weighted by Gasteiger charge is -2.32. The van der Waals surface area contributed by atoms with Gasteiger partial charge in [0.1, 0.15) is 0 Å². The fourth-order valence-corrected chi connectivity index (χ4v) is 3.23. The van der Waals surface area contributed by atoms with Crippen molar-refractivity contribution >= 4 is 27.7 Å². The second kappa shape index (κ2) is 9.41. The van der Waals surface area contributed by atoms with Crippen LogP contribution in [-0.2, 0) is 24.5 Å². The molecule has 0 spiro atoms. The Balaban J connectivity index is 0.00000110. The van der Waals surface area contributed by atoms with Crippen molar-refractivity contribution in [2.75, 3.05) is 6.54 Å². The summed E-state index contributed by atoms with van der Waals surface area (Å²) in [7, 11) is -4.64. The molecule has 0 radical (unpaired) electrons. The fraction of sp³-hybridized carbons (Fsp3) is 0.438. The molecule has 26 heavy (non-hydrogen) atoms. The zero-order chi connectivity index (χ0) is 20.7. The van der Waals surface area contributed by atoms with E-state index in [1.165, 1.54) is 13.8 Å². The van der Waals surface area contributed by atoms with Crippen LogP contribution in [0.5, 0.6) is 0 Å². The predicted molar refractivity (Wildman–Crippen MR) is 97.4 cm³/mol. The molecule has 0 bridgehead atoms. The Kier molecular flexibility index (Phi) is 8.58. The van der Waals surface area contributed by atoms with E-state index < -0.39 is 38.8 Å². The summed E-state index contributed by atoms with van der Waals surface area (Å²) in [4.78, 5) is 31.2. The van der Waals surface area contributed by atoms with Gasteiger partial charge in [-0.15, -0.1) is 0 Å². The summed E-state index contributed by atoms with van der Waals surface area (Å²) in [5.41, 5.74) is 4.44. The van der Waals surface area contributed by atoms with Crippen molar-refractivity contribution in [1.29, 1.82) is 0 Å². The second-order valence-corrected chi connectivity index (χ2v) is 7.44. The van der Waals surface area contributed by atoms with Gasteiger partial charge < -0.3 is 16.4 Å². The molecule has 1 rings (SSSR count). The summed E-state index contributed by atoms with van der Waals surface area (Å²) in [6.07, 6.45) is 2.30. The number of rotatable bonds is 7. The van der Waals surface area contributed by atoms with Gasteiger partial charge in [0, 0.05) is 18.5 Å². The number of hydrogen-bond donors (Lipinski definition) is 4. The van der Waals surface area contributed by atoms with Crippen LogP contribution in [0.1, 0.15) is 20.3 Å². The largest absolute Gasteiger partial charge is 0.366 e. The zero-order valence-corrected chi connectivity index (χ0v) is 15.6. The first-order valence-electron chi connectivity index (χ1n) is 7.63. The molecule has 10 heteroatoms. The summed E-state index contributed by atoms with van der Waals surface area (Å²) in [6, 6.07) is -0.832. The first kappa shape index (κ1) is 23.7. The number of Topliss-reactive ketones (excluding diaryl/α,β-unsaturated/α-hetero) is 1. The Hall–Kier alpha value is -2.30. The van der Waals surface area contributed by atoms with Gasteiger partial charge in [-0.2, -0.15) is 8.42 Å². The van der Waals surface area contributed by atoms with Crippen molar-refractivity contribution in [3.05, 3.63) is 37.5 Å². The lowest BCUT2D eigenvalue weighted by atomic mass is 10.0. The summed E-state index contributed by atoms with van der Waals surface area (Å²) in [5.74, 6) is -2.16. The Bertz CT molecular complexity index is 713. The van der Waals surface area contributed by atoms with E-state index in [0.29, 0.717) is 6.54 Å². The summed E-state index contributed by atoms with van der Waals surface area (Å²) >= 11 is 0. The molecule has 1 aliphatic heterocycles. The monoisotopic (exact) mass is 387 g/mol. The minimum atomic E-state index is -4.64. The number of nitrogens with two attached hydrogens (primary N) is 1. The Morgan fingerprint density at radius 2 is 1.92 bits per heavy atom. The van der Waals surface area contributed by atoms with Crippen molar-refractivity contribution < 1.29 is 27.4 Å². The summed E-state index contributed by atoms with van der Waals surface area (Å²) in [5, 5.41) is 5.04. The summed E-state index contributed by atoms with van der Waals surface area (Å²) in [6.45, 7) is 13.5. The molecular formula is C16H25N3O6S. The van der Waals surface area contributed by atoms with Crippen LogP contribution in [-0.4, -0.2) is 48.0 Å². The number of amides is 2. The third-order valence-electron chi connectivity index (χ3n) is 3.78. The van der Waals surface area contributed by atoms with Crippen LogP contribution in [0.3, 0.4) is 0 Å². The SMILES string of the molecule is C=CC(N)=O.C=CC(NC(=O)C(=C)C1NCCC1=O)(C(C)C)S(=O)(=O)O. The molecule has 0 aromatic carbocycles. The lowest BCUT2D eigenvalue weighted by molar-refractivity contribution is -0.122. The van der Waals surface area contributed by atoms with E-state index in [2.05, 4.69) is 36.1 Å². The lowest BCUT2D eigenvalue weighted by Crippen LogP contribution is -2.57. The molecule has 1 heterocycles. The third-order valence-corrected chi connectivity index (χ3v) is 5.37. The summed E-state index contributed by atoms with van der Waals surface area (Å²) < 4.78 is 32.7. The second-order valence-electron chi connectivity index (χ2n) is 5.82. The number of nitrogens with one attached hydrogen (secondary N) is 2. The standard InChI is InChI=1S/C13H20N2O5S.C3H5NO/c1-5-13(8(2)3,21(18,19)20)15-12(17)9(4)11-10(16)6-7-14-11;1-2-3(4)5/h5,8,11,14H,1,4,6-7H2,2-3H3,(H,15,17)(H,18,19,20);2H,1H2,(H2,4,5). The van der Waals surface area contributed by atoms with Crippen molar-refractivity contribution in [3.63, 3.8) is 0 Å². The average molecular weight is 387 g/mol. The molecule has 9 nitrogen and oxygen atoms in total. The van der Waals surface area contributed by atoms with Gasteiger partial charge in [0.05, 0.1) is 6.04 Å². The first-order valence-corrected chi connectivity index (χ1v) is 9.08. The van der Waals surface area contributed by atoms with Crippen LogP contribution in [0.15, 0.2) is 37.5 Å². The topological polar surface area (TPSA) is 156 Å². The third kappa shape index (κ3) is 5.61. The van der Waals surface area contributed by atoms with E-state index in [1.807, 2.05) is 0 Å². The molecule has 1 saturated heterocycles. The van der Waals surface area contributed by atoms with Gasteiger partial charge in [0.25, 0.3) is 10.1 Å². The highest BCUT2D eigenvalue weighted by Crippen LogP contribution is 2.25. The highest BCUT2D eigenvalue weighted by atomic mass is 32.2. The first-order chi connectivity index (χ1) is 11.8. The van der Waals surface area contributed by atoms with Crippen molar-refractivity contribution in [3.8, 4) is 0 Å². The van der Waals surface area contributed by atoms with Crippen LogP contribution in [0.4, 0.5) is 0 Å². The Labute approximate surface area is 153 Å². The van der Waals surface area contributed by atoms with Crippen molar-refractivity contribution in [2.24, 2.45) is 11.7 Å². The van der Waals surface area contributed by atoms with Gasteiger partial charge in [-0.25, -0.2) is 0 Å². The molecule has 1 aliphatic rings. The van der Waals surface area contributed by atoms with Crippen LogP contribution in [0.2, 0.25) is 0 Å². The van der Waals surface area contributed by atoms with E-state index in [4.69, 9.17) is 0 Å². The minimum Gasteiger partial charge on any atom is -0.366 e. The van der Waals surface area contributed by atoms with Crippen LogP contribution < -0.4 is 16.4 Å². The molecule has 5 N–H and O–H groups in total. The number of primary amides is 1. The molecule has 1 fully saturated rings. The highest BCUT2D eigenvalue weighted by Gasteiger charge is 2.45. The number of carbonyl (C=O) groups excluding carboxylic acids is 3. The van der Waals surface area contributed by atoms with Crippen LogP contribution in [0.25, 0.3) is 0 Å². The normalized spacial score (nSPS) is 18.9. The fourth-order valence-electron chi connectivity index (χ4n) is 2.20. The maximum atomic E-state index is 12.2. The molecule has 0 aliphatic carbocycles. The van der Waals surface area contributed by atoms with E-state index >= 15 is 0 Å².